The van der Waals surface area contributed by atoms with Crippen LogP contribution in [0.4, 0.5) is 4.39 Å². The smallest absolute Gasteiger partial charge is 0.215 e. The van der Waals surface area contributed by atoms with Crippen LogP contribution in [-0.2, 0) is 10.2 Å². The van der Waals surface area contributed by atoms with E-state index in [2.05, 4.69) is 20.8 Å². The summed E-state index contributed by atoms with van der Waals surface area (Å²) in [6.45, 7) is 5.58. The largest absolute Gasteiger partial charge is 0.490 e. The Morgan fingerprint density at radius 1 is 0.971 bits per heavy atom. The van der Waals surface area contributed by atoms with Crippen molar-refractivity contribution in [3.63, 3.8) is 0 Å². The third-order valence-electron chi connectivity index (χ3n) is 6.06. The van der Waals surface area contributed by atoms with Gasteiger partial charge in [0, 0.05) is 10.0 Å². The van der Waals surface area contributed by atoms with Gasteiger partial charge >= 0.3 is 0 Å². The molecule has 0 aliphatic carbocycles. The van der Waals surface area contributed by atoms with E-state index in [0.29, 0.717) is 27.2 Å². The van der Waals surface area contributed by atoms with Gasteiger partial charge in [0.25, 0.3) is 0 Å². The van der Waals surface area contributed by atoms with Crippen LogP contribution in [0.2, 0.25) is 10.0 Å². The Morgan fingerprint density at radius 2 is 1.57 bits per heavy atom. The number of benzene rings is 3. The maximum atomic E-state index is 13.1. The molecular formula is C28H27Cl2FN2O2. The molecule has 0 radical (unpaired) electrons. The molecule has 1 aliphatic heterocycles. The average Bonchev–Trinajstić information content (AvgIpc) is 3.22. The first-order valence-corrected chi connectivity index (χ1v) is 12.1. The lowest BCUT2D eigenvalue weighted by Crippen LogP contribution is -2.31. The fourth-order valence-electron chi connectivity index (χ4n) is 4.24. The van der Waals surface area contributed by atoms with Gasteiger partial charge in [-0.3, -0.25) is 14.7 Å². The number of amides is 1. The van der Waals surface area contributed by atoms with E-state index in [1.165, 1.54) is 0 Å². The lowest BCUT2D eigenvalue weighted by atomic mass is 9.86. The summed E-state index contributed by atoms with van der Waals surface area (Å²) in [6.07, 6.45) is 0.782. The van der Waals surface area contributed by atoms with Gasteiger partial charge in [0.05, 0.1) is 11.6 Å². The van der Waals surface area contributed by atoms with Crippen molar-refractivity contribution in [1.82, 2.24) is 4.90 Å². The van der Waals surface area contributed by atoms with E-state index in [-0.39, 0.29) is 18.1 Å². The van der Waals surface area contributed by atoms with Crippen LogP contribution in [0.25, 0.3) is 0 Å². The van der Waals surface area contributed by atoms with Crippen LogP contribution in [0, 0.1) is 0 Å². The van der Waals surface area contributed by atoms with Gasteiger partial charge in [-0.1, -0.05) is 74.3 Å². The molecule has 0 saturated heterocycles. The molecule has 0 spiro atoms. The fraction of sp³-hybridized carbons (Fsp3) is 0.286. The number of alkyl halides is 1. The first kappa shape index (κ1) is 25.2. The molecule has 4 nitrogen and oxygen atoms in total. The number of carbonyl (C=O) groups is 1. The number of nitrogens with zero attached hydrogens (tertiary/aromatic N) is 2. The summed E-state index contributed by atoms with van der Waals surface area (Å²) in [7, 11) is 0. The monoisotopic (exact) mass is 512 g/mol. The summed E-state index contributed by atoms with van der Waals surface area (Å²) in [5.41, 5.74) is 3.33. The molecule has 1 heterocycles. The molecule has 1 aliphatic rings. The van der Waals surface area contributed by atoms with Crippen molar-refractivity contribution in [2.45, 2.75) is 38.3 Å². The zero-order chi connectivity index (χ0) is 25.2. The van der Waals surface area contributed by atoms with Gasteiger partial charge in [-0.25, -0.2) is 4.39 Å². The van der Waals surface area contributed by atoms with Gasteiger partial charge in [-0.2, -0.15) is 0 Å². The van der Waals surface area contributed by atoms with Crippen LogP contribution >= 0.6 is 23.2 Å². The van der Waals surface area contributed by atoms with Gasteiger partial charge in [-0.05, 0) is 58.5 Å². The number of rotatable bonds is 7. The fourth-order valence-corrected chi connectivity index (χ4v) is 4.49. The second-order valence-electron chi connectivity index (χ2n) is 9.46. The molecule has 0 N–H and O–H groups in total. The molecule has 182 valence electrons. The molecule has 0 saturated carbocycles. The Hall–Kier alpha value is -2.89. The van der Waals surface area contributed by atoms with Crippen molar-refractivity contribution < 1.29 is 13.9 Å². The molecule has 0 aromatic heterocycles. The molecule has 3 aromatic rings. The van der Waals surface area contributed by atoms with Crippen molar-refractivity contribution in [2.75, 3.05) is 13.3 Å². The van der Waals surface area contributed by atoms with Gasteiger partial charge in [0.1, 0.15) is 30.9 Å². The lowest BCUT2D eigenvalue weighted by Gasteiger charge is -2.27. The molecular weight excluding hydrogens is 486 g/mol. The van der Waals surface area contributed by atoms with E-state index < -0.39 is 12.7 Å². The predicted octanol–water partition coefficient (Wildman–Crippen LogP) is 7.34. The highest BCUT2D eigenvalue weighted by atomic mass is 35.5. The average molecular weight is 513 g/mol. The zero-order valence-electron chi connectivity index (χ0n) is 19.8. The number of ether oxygens (including phenoxy) is 1. The van der Waals surface area contributed by atoms with Crippen molar-refractivity contribution in [2.24, 2.45) is 4.99 Å². The molecule has 1 amide bonds. The van der Waals surface area contributed by atoms with E-state index in [1.807, 2.05) is 54.6 Å². The Morgan fingerprint density at radius 3 is 2.11 bits per heavy atom. The highest BCUT2D eigenvalue weighted by molar-refractivity contribution is 6.30. The van der Waals surface area contributed by atoms with Crippen molar-refractivity contribution >= 4 is 35.4 Å². The zero-order valence-corrected chi connectivity index (χ0v) is 21.4. The van der Waals surface area contributed by atoms with Crippen molar-refractivity contribution in [1.29, 1.82) is 0 Å². The molecule has 2 atom stereocenters. The van der Waals surface area contributed by atoms with E-state index in [4.69, 9.17) is 32.9 Å². The molecule has 0 fully saturated rings. The summed E-state index contributed by atoms with van der Waals surface area (Å²) >= 11 is 12.3. The van der Waals surface area contributed by atoms with Gasteiger partial charge in [-0.15, -0.1) is 0 Å². The summed E-state index contributed by atoms with van der Waals surface area (Å²) < 4.78 is 18.9. The first-order valence-electron chi connectivity index (χ1n) is 11.4. The summed E-state index contributed by atoms with van der Waals surface area (Å²) in [5, 5.41) is 1.22. The Kier molecular flexibility index (Phi) is 7.48. The van der Waals surface area contributed by atoms with Crippen LogP contribution in [0.1, 0.15) is 55.1 Å². The quantitative estimate of drug-likeness (QED) is 0.310. The Labute approximate surface area is 215 Å². The topological polar surface area (TPSA) is 41.9 Å². The van der Waals surface area contributed by atoms with Gasteiger partial charge in [0.15, 0.2) is 0 Å². The summed E-state index contributed by atoms with van der Waals surface area (Å²) in [5.74, 6) is 0.960. The summed E-state index contributed by atoms with van der Waals surface area (Å²) in [4.78, 5) is 19.1. The van der Waals surface area contributed by atoms with Crippen molar-refractivity contribution in [3.8, 4) is 5.75 Å². The van der Waals surface area contributed by atoms with Crippen LogP contribution in [0.15, 0.2) is 71.7 Å². The summed E-state index contributed by atoms with van der Waals surface area (Å²) in [6, 6.07) is 19.8. The molecule has 3 aromatic carbocycles. The first-order chi connectivity index (χ1) is 16.7. The van der Waals surface area contributed by atoms with Gasteiger partial charge in [0.2, 0.25) is 6.41 Å². The number of aliphatic imine (C=N–C) groups is 1. The second kappa shape index (κ2) is 10.4. The molecule has 4 rings (SSSR count). The van der Waals surface area contributed by atoms with E-state index in [9.17, 15) is 9.18 Å². The Balaban J connectivity index is 1.87. The third-order valence-corrected chi connectivity index (χ3v) is 6.57. The Bertz CT molecular complexity index is 1220. The van der Waals surface area contributed by atoms with E-state index in [0.717, 1.165) is 23.1 Å². The normalized spacial score (nSPS) is 17.9. The molecule has 35 heavy (non-hydrogen) atoms. The number of hydrogen-bond donors (Lipinski definition) is 0. The number of hydrogen-bond acceptors (Lipinski definition) is 3. The van der Waals surface area contributed by atoms with Crippen LogP contribution < -0.4 is 4.74 Å². The minimum absolute atomic E-state index is 0.0871. The SMILES string of the molecule is CC(C)(C)c1ccc(C2=N[C@@H](c3ccc(Cl)cc3)[C@@H](c3ccc(Cl)cc3)N2C=O)c(OCCF)c1. The van der Waals surface area contributed by atoms with Crippen LogP contribution in [-0.4, -0.2) is 30.4 Å². The van der Waals surface area contributed by atoms with Crippen LogP contribution in [0.5, 0.6) is 5.75 Å². The minimum atomic E-state index is -0.621. The van der Waals surface area contributed by atoms with Gasteiger partial charge < -0.3 is 4.74 Å². The maximum absolute atomic E-state index is 13.1. The second-order valence-corrected chi connectivity index (χ2v) is 10.3. The third kappa shape index (κ3) is 5.36. The highest BCUT2D eigenvalue weighted by Gasteiger charge is 2.39. The van der Waals surface area contributed by atoms with Crippen LogP contribution in [0.3, 0.4) is 0 Å². The molecule has 0 unspecified atom stereocenters. The number of carbonyl (C=O) groups excluding carboxylic acids is 1. The molecule has 7 heteroatoms. The minimum Gasteiger partial charge on any atom is -0.490 e. The lowest BCUT2D eigenvalue weighted by molar-refractivity contribution is -0.116. The number of amidine groups is 1. The molecule has 0 bridgehead atoms. The van der Waals surface area contributed by atoms with Crippen molar-refractivity contribution in [3.05, 3.63) is 99.0 Å². The maximum Gasteiger partial charge on any atom is 0.215 e. The predicted molar refractivity (Wildman–Crippen MR) is 139 cm³/mol. The van der Waals surface area contributed by atoms with E-state index >= 15 is 0 Å². The van der Waals surface area contributed by atoms with E-state index in [1.54, 1.807) is 17.0 Å². The standard InChI is InChI=1S/C28H27Cl2FN2O2/c1-28(2,3)20-8-13-23(24(16-20)35-15-14-31)27-32-25(18-4-9-21(29)10-5-18)26(33(27)17-34)19-6-11-22(30)12-7-19/h4-13,16-17,25-26H,14-15H2,1-3H3/t25-,26+/m0/s1. The highest BCUT2D eigenvalue weighted by Crippen LogP contribution is 2.44. The number of halogens is 3.